The number of H-pyrrole nitrogens is 2. The van der Waals surface area contributed by atoms with Gasteiger partial charge in [-0.2, -0.15) is 0 Å². The van der Waals surface area contributed by atoms with Crippen molar-refractivity contribution in [3.8, 4) is 0 Å². The minimum atomic E-state index is -0.995. The highest BCUT2D eigenvalue weighted by Gasteiger charge is 2.21. The predicted molar refractivity (Wildman–Crippen MR) is 103 cm³/mol. The lowest BCUT2D eigenvalue weighted by Gasteiger charge is -2.18. The number of anilines is 1. The van der Waals surface area contributed by atoms with Crippen LogP contribution in [-0.2, 0) is 17.9 Å². The lowest BCUT2D eigenvalue weighted by atomic mass is 10.0. The maximum Gasteiger partial charge on any atom is 0.303 e. The number of ketones is 1. The van der Waals surface area contributed by atoms with Crippen molar-refractivity contribution in [2.75, 3.05) is 4.90 Å². The topological polar surface area (TPSA) is 123 Å². The number of aromatic amines is 2. The van der Waals surface area contributed by atoms with Crippen molar-refractivity contribution in [1.82, 2.24) is 10.2 Å². The summed E-state index contributed by atoms with van der Waals surface area (Å²) in [5.41, 5.74) is 2.65. The summed E-state index contributed by atoms with van der Waals surface area (Å²) < 4.78 is 0. The molecule has 142 valence electrons. The van der Waals surface area contributed by atoms with Crippen LogP contribution >= 0.6 is 0 Å². The average molecular weight is 379 g/mol. The van der Waals surface area contributed by atoms with Gasteiger partial charge in [-0.1, -0.05) is 12.1 Å². The number of carboxylic acid groups (broad SMARTS) is 1. The Balaban J connectivity index is 1.60. The molecule has 28 heavy (non-hydrogen) atoms. The summed E-state index contributed by atoms with van der Waals surface area (Å²) in [6.07, 6.45) is -0.216. The average Bonchev–Trinajstić information content (AvgIpc) is 3.12. The maximum absolute atomic E-state index is 12.2. The Bertz CT molecular complexity index is 1220. The van der Waals surface area contributed by atoms with Crippen molar-refractivity contribution >= 4 is 28.2 Å². The standard InChI is InChI=1S/C20H17N3O5/c24-17(5-6-18(25)26)11-1-2-12-9-23(10-13(12)7-11)14-3-4-15-16(8-14)20(28)22-21-19(15)27/h1-4,7-8H,5-6,9-10H2,(H,21,27)(H,22,28)(H,25,26). The molecule has 4 rings (SSSR count). The molecule has 0 radical (unpaired) electrons. The molecule has 0 amide bonds. The third-order valence-electron chi connectivity index (χ3n) is 4.96. The quantitative estimate of drug-likeness (QED) is 0.581. The van der Waals surface area contributed by atoms with Crippen LogP contribution in [0.4, 0.5) is 5.69 Å². The summed E-state index contributed by atoms with van der Waals surface area (Å²) in [6, 6.07) is 10.5. The Morgan fingerprint density at radius 3 is 2.36 bits per heavy atom. The zero-order valence-electron chi connectivity index (χ0n) is 14.8. The number of benzene rings is 2. The molecule has 0 fully saturated rings. The SMILES string of the molecule is O=C(O)CCC(=O)c1ccc2c(c1)CN(c1ccc3c(=O)[nH][nH]c(=O)c3c1)C2. The van der Waals surface area contributed by atoms with Crippen molar-refractivity contribution < 1.29 is 14.7 Å². The Labute approximate surface area is 158 Å². The first-order chi connectivity index (χ1) is 13.4. The van der Waals surface area contributed by atoms with Crippen LogP contribution in [0.3, 0.4) is 0 Å². The van der Waals surface area contributed by atoms with Crippen LogP contribution in [0.2, 0.25) is 0 Å². The summed E-state index contributed by atoms with van der Waals surface area (Å²) in [5.74, 6) is -1.19. The molecule has 1 aliphatic rings. The van der Waals surface area contributed by atoms with Gasteiger partial charge in [0.2, 0.25) is 0 Å². The third kappa shape index (κ3) is 3.20. The van der Waals surface area contributed by atoms with E-state index in [2.05, 4.69) is 15.1 Å². The molecule has 8 nitrogen and oxygen atoms in total. The first-order valence-corrected chi connectivity index (χ1v) is 8.79. The highest BCUT2D eigenvalue weighted by atomic mass is 16.4. The van der Waals surface area contributed by atoms with Crippen LogP contribution in [-0.4, -0.2) is 27.1 Å². The van der Waals surface area contributed by atoms with E-state index in [4.69, 9.17) is 5.11 Å². The number of Topliss-reactive ketones (excluding diaryl/α,β-unsaturated/α-hetero) is 1. The number of carboxylic acids is 1. The number of fused-ring (bicyclic) bond motifs is 2. The van der Waals surface area contributed by atoms with E-state index < -0.39 is 5.97 Å². The van der Waals surface area contributed by atoms with E-state index in [-0.39, 0.29) is 29.7 Å². The molecule has 1 aromatic heterocycles. The molecule has 2 heterocycles. The molecule has 0 saturated heterocycles. The fourth-order valence-corrected chi connectivity index (χ4v) is 3.48. The van der Waals surface area contributed by atoms with Crippen molar-refractivity contribution in [3.05, 3.63) is 73.8 Å². The molecule has 0 aliphatic carbocycles. The van der Waals surface area contributed by atoms with Gasteiger partial charge in [-0.25, -0.2) is 0 Å². The monoisotopic (exact) mass is 379 g/mol. The molecule has 1 aliphatic heterocycles. The van der Waals surface area contributed by atoms with Crippen LogP contribution in [0.5, 0.6) is 0 Å². The van der Waals surface area contributed by atoms with E-state index in [0.717, 1.165) is 16.8 Å². The van der Waals surface area contributed by atoms with Gasteiger partial charge in [0.25, 0.3) is 11.1 Å². The molecular weight excluding hydrogens is 362 g/mol. The molecule has 0 unspecified atom stereocenters. The van der Waals surface area contributed by atoms with Gasteiger partial charge < -0.3 is 10.0 Å². The lowest BCUT2D eigenvalue weighted by Crippen LogP contribution is -2.20. The van der Waals surface area contributed by atoms with Crippen LogP contribution in [0, 0.1) is 0 Å². The zero-order valence-corrected chi connectivity index (χ0v) is 14.8. The van der Waals surface area contributed by atoms with Crippen LogP contribution in [0.25, 0.3) is 10.8 Å². The number of nitrogens with zero attached hydrogens (tertiary/aromatic N) is 1. The number of hydrogen-bond donors (Lipinski definition) is 3. The molecule has 0 spiro atoms. The highest BCUT2D eigenvalue weighted by molar-refractivity contribution is 5.97. The van der Waals surface area contributed by atoms with Gasteiger partial charge in [0.15, 0.2) is 5.78 Å². The Kier molecular flexibility index (Phi) is 4.31. The van der Waals surface area contributed by atoms with Crippen molar-refractivity contribution in [2.24, 2.45) is 0 Å². The smallest absolute Gasteiger partial charge is 0.303 e. The maximum atomic E-state index is 12.2. The number of hydrogen-bond acceptors (Lipinski definition) is 5. The second-order valence-corrected chi connectivity index (χ2v) is 6.79. The zero-order chi connectivity index (χ0) is 19.8. The minimum Gasteiger partial charge on any atom is -0.481 e. The van der Waals surface area contributed by atoms with E-state index in [9.17, 15) is 19.2 Å². The number of aliphatic carboxylic acids is 1. The Morgan fingerprint density at radius 1 is 0.893 bits per heavy atom. The van der Waals surface area contributed by atoms with Gasteiger partial charge in [-0.05, 0) is 35.4 Å². The summed E-state index contributed by atoms with van der Waals surface area (Å²) in [7, 11) is 0. The fraction of sp³-hybridized carbons (Fsp3) is 0.200. The molecule has 0 saturated carbocycles. The third-order valence-corrected chi connectivity index (χ3v) is 4.96. The van der Waals surface area contributed by atoms with Gasteiger partial charge in [0.1, 0.15) is 0 Å². The number of rotatable bonds is 5. The van der Waals surface area contributed by atoms with Crippen molar-refractivity contribution in [3.63, 3.8) is 0 Å². The number of carbonyl (C=O) groups excluding carboxylic acids is 1. The molecule has 0 bridgehead atoms. The summed E-state index contributed by atoms with van der Waals surface area (Å²) in [4.78, 5) is 48.7. The summed E-state index contributed by atoms with van der Waals surface area (Å²) in [6.45, 7) is 1.17. The van der Waals surface area contributed by atoms with Gasteiger partial charge in [-0.3, -0.25) is 29.4 Å². The minimum absolute atomic E-state index is 0.0279. The normalized spacial score (nSPS) is 12.9. The van der Waals surface area contributed by atoms with Gasteiger partial charge in [0.05, 0.1) is 17.2 Å². The first-order valence-electron chi connectivity index (χ1n) is 8.79. The predicted octanol–water partition coefficient (Wildman–Crippen LogP) is 1.78. The van der Waals surface area contributed by atoms with E-state index >= 15 is 0 Å². The van der Waals surface area contributed by atoms with Gasteiger partial charge in [0, 0.05) is 30.8 Å². The van der Waals surface area contributed by atoms with Crippen molar-refractivity contribution in [2.45, 2.75) is 25.9 Å². The summed E-state index contributed by atoms with van der Waals surface area (Å²) >= 11 is 0. The lowest BCUT2D eigenvalue weighted by molar-refractivity contribution is -0.136. The van der Waals surface area contributed by atoms with E-state index in [1.807, 2.05) is 6.07 Å². The van der Waals surface area contributed by atoms with Crippen LogP contribution in [0.15, 0.2) is 46.0 Å². The Hall–Kier alpha value is -3.68. The fourth-order valence-electron chi connectivity index (χ4n) is 3.48. The first kappa shape index (κ1) is 17.7. The van der Waals surface area contributed by atoms with Crippen molar-refractivity contribution in [1.29, 1.82) is 0 Å². The molecule has 0 atom stereocenters. The molecular formula is C20H17N3O5. The van der Waals surface area contributed by atoms with E-state index in [1.54, 1.807) is 30.3 Å². The molecule has 3 aromatic rings. The second-order valence-electron chi connectivity index (χ2n) is 6.79. The number of carbonyl (C=O) groups is 2. The van der Waals surface area contributed by atoms with Crippen LogP contribution in [0.1, 0.15) is 34.3 Å². The molecule has 8 heteroatoms. The second kappa shape index (κ2) is 6.80. The molecule has 2 aromatic carbocycles. The van der Waals surface area contributed by atoms with Gasteiger partial charge >= 0.3 is 5.97 Å². The van der Waals surface area contributed by atoms with E-state index in [0.29, 0.717) is 29.4 Å². The van der Waals surface area contributed by atoms with Crippen LogP contribution < -0.4 is 16.0 Å². The summed E-state index contributed by atoms with van der Waals surface area (Å²) in [5, 5.41) is 14.0. The van der Waals surface area contributed by atoms with E-state index in [1.165, 1.54) is 0 Å². The van der Waals surface area contributed by atoms with Gasteiger partial charge in [-0.15, -0.1) is 0 Å². The number of nitrogens with one attached hydrogen (secondary N) is 2. The highest BCUT2D eigenvalue weighted by Crippen LogP contribution is 2.30. The largest absolute Gasteiger partial charge is 0.481 e. The molecule has 3 N–H and O–H groups in total. The number of aromatic nitrogens is 2. The Morgan fingerprint density at radius 2 is 1.61 bits per heavy atom.